The first-order chi connectivity index (χ1) is 11.5. The van der Waals surface area contributed by atoms with Crippen molar-refractivity contribution in [2.75, 3.05) is 5.32 Å². The summed E-state index contributed by atoms with van der Waals surface area (Å²) in [6.07, 6.45) is 3.59. The molecule has 2 heterocycles. The number of benzene rings is 1. The van der Waals surface area contributed by atoms with Gasteiger partial charge >= 0.3 is 0 Å². The molecule has 0 bridgehead atoms. The molecular weight excluding hydrogens is 308 g/mol. The lowest BCUT2D eigenvalue weighted by Gasteiger charge is -2.15. The van der Waals surface area contributed by atoms with E-state index in [1.165, 1.54) is 6.07 Å². The quantitative estimate of drug-likeness (QED) is 0.575. The molecule has 0 aliphatic rings. The number of non-ortho nitro benzene ring substituents is 1. The fraction of sp³-hybridized carbons (Fsp3) is 0.250. The lowest BCUT2D eigenvalue weighted by atomic mass is 10.1. The molecule has 1 atom stereocenters. The first kappa shape index (κ1) is 15.7. The Hall–Kier alpha value is -3.16. The van der Waals surface area contributed by atoms with Crippen LogP contribution in [0.2, 0.25) is 0 Å². The van der Waals surface area contributed by atoms with E-state index in [-0.39, 0.29) is 16.7 Å². The monoisotopic (exact) mass is 326 g/mol. The molecule has 0 saturated carbocycles. The SMILES string of the molecule is CC(Nc1cc(-c2nccn2C)nn1C)c1cccc([N+](=O)[O-])c1. The highest BCUT2D eigenvalue weighted by atomic mass is 16.6. The van der Waals surface area contributed by atoms with Gasteiger partial charge in [-0.3, -0.25) is 14.8 Å². The van der Waals surface area contributed by atoms with Crippen LogP contribution in [0.4, 0.5) is 11.5 Å². The zero-order valence-electron chi connectivity index (χ0n) is 13.7. The van der Waals surface area contributed by atoms with Crippen molar-refractivity contribution in [1.29, 1.82) is 0 Å². The summed E-state index contributed by atoms with van der Waals surface area (Å²) in [6.45, 7) is 1.95. The average Bonchev–Trinajstić information content (AvgIpc) is 3.13. The Labute approximate surface area is 138 Å². The minimum Gasteiger partial charge on any atom is -0.364 e. The van der Waals surface area contributed by atoms with Gasteiger partial charge in [0, 0.05) is 44.7 Å². The van der Waals surface area contributed by atoms with E-state index in [0.717, 1.165) is 22.9 Å². The van der Waals surface area contributed by atoms with Crippen molar-refractivity contribution in [1.82, 2.24) is 19.3 Å². The molecule has 0 saturated heterocycles. The second-order valence-corrected chi connectivity index (χ2v) is 5.62. The van der Waals surface area contributed by atoms with Gasteiger partial charge in [0.1, 0.15) is 11.5 Å². The van der Waals surface area contributed by atoms with Gasteiger partial charge < -0.3 is 9.88 Å². The Balaban J connectivity index is 1.83. The summed E-state index contributed by atoms with van der Waals surface area (Å²) in [5.41, 5.74) is 1.68. The molecular formula is C16H18N6O2. The molecule has 124 valence electrons. The van der Waals surface area contributed by atoms with Crippen molar-refractivity contribution >= 4 is 11.5 Å². The van der Waals surface area contributed by atoms with E-state index in [1.807, 2.05) is 43.9 Å². The summed E-state index contributed by atoms with van der Waals surface area (Å²) in [4.78, 5) is 14.8. The number of nitrogens with zero attached hydrogens (tertiary/aromatic N) is 5. The molecule has 3 aromatic rings. The zero-order chi connectivity index (χ0) is 17.3. The van der Waals surface area contributed by atoms with Crippen LogP contribution in [0.15, 0.2) is 42.7 Å². The smallest absolute Gasteiger partial charge is 0.269 e. The summed E-state index contributed by atoms with van der Waals surface area (Å²) in [6, 6.07) is 8.42. The van der Waals surface area contributed by atoms with Crippen molar-refractivity contribution < 1.29 is 4.92 Å². The molecule has 0 aliphatic carbocycles. The second-order valence-electron chi connectivity index (χ2n) is 5.62. The van der Waals surface area contributed by atoms with E-state index < -0.39 is 0 Å². The number of nitrogens with one attached hydrogen (secondary N) is 1. The van der Waals surface area contributed by atoms with Gasteiger partial charge in [-0.25, -0.2) is 4.98 Å². The fourth-order valence-corrected chi connectivity index (χ4v) is 2.54. The van der Waals surface area contributed by atoms with E-state index in [2.05, 4.69) is 15.4 Å². The van der Waals surface area contributed by atoms with Crippen molar-refractivity contribution in [2.24, 2.45) is 14.1 Å². The number of aromatic nitrogens is 4. The second kappa shape index (κ2) is 6.15. The molecule has 24 heavy (non-hydrogen) atoms. The predicted octanol–water partition coefficient (Wildman–Crippen LogP) is 2.90. The molecule has 8 heteroatoms. The first-order valence-corrected chi connectivity index (χ1v) is 7.48. The average molecular weight is 326 g/mol. The Morgan fingerprint density at radius 1 is 1.29 bits per heavy atom. The summed E-state index contributed by atoms with van der Waals surface area (Å²) in [5, 5.41) is 18.7. The van der Waals surface area contributed by atoms with Crippen molar-refractivity contribution in [3.8, 4) is 11.5 Å². The normalized spacial score (nSPS) is 12.1. The van der Waals surface area contributed by atoms with Gasteiger partial charge in [0.2, 0.25) is 0 Å². The maximum Gasteiger partial charge on any atom is 0.269 e. The summed E-state index contributed by atoms with van der Waals surface area (Å²) < 4.78 is 3.63. The molecule has 0 spiro atoms. The van der Waals surface area contributed by atoms with E-state index >= 15 is 0 Å². The molecule has 0 fully saturated rings. The summed E-state index contributed by atoms with van der Waals surface area (Å²) in [7, 11) is 3.75. The third kappa shape index (κ3) is 2.98. The number of aryl methyl sites for hydroxylation is 2. The van der Waals surface area contributed by atoms with Gasteiger partial charge in [-0.1, -0.05) is 12.1 Å². The standard InChI is InChI=1S/C16H18N6O2/c1-11(12-5-4-6-13(9-12)22(23)24)18-15-10-14(19-21(15)3)16-17-7-8-20(16)2/h4-11,18H,1-3H3. The van der Waals surface area contributed by atoms with Crippen LogP contribution < -0.4 is 5.32 Å². The van der Waals surface area contributed by atoms with Crippen molar-refractivity contribution in [3.63, 3.8) is 0 Å². The molecule has 3 rings (SSSR count). The highest BCUT2D eigenvalue weighted by molar-refractivity contribution is 5.57. The largest absolute Gasteiger partial charge is 0.364 e. The molecule has 0 amide bonds. The third-order valence-corrected chi connectivity index (χ3v) is 3.88. The molecule has 2 aromatic heterocycles. The van der Waals surface area contributed by atoms with E-state index in [9.17, 15) is 10.1 Å². The maximum absolute atomic E-state index is 10.9. The zero-order valence-corrected chi connectivity index (χ0v) is 13.7. The van der Waals surface area contributed by atoms with Crippen LogP contribution in [-0.2, 0) is 14.1 Å². The van der Waals surface area contributed by atoms with Gasteiger partial charge in [-0.15, -0.1) is 0 Å². The van der Waals surface area contributed by atoms with Crippen molar-refractivity contribution in [2.45, 2.75) is 13.0 Å². The lowest BCUT2D eigenvalue weighted by Crippen LogP contribution is -2.10. The Kier molecular flexibility index (Phi) is 4.03. The van der Waals surface area contributed by atoms with Gasteiger partial charge in [-0.05, 0) is 12.5 Å². The molecule has 0 aliphatic heterocycles. The molecule has 8 nitrogen and oxygen atoms in total. The maximum atomic E-state index is 10.9. The number of rotatable bonds is 5. The molecule has 1 N–H and O–H groups in total. The van der Waals surface area contributed by atoms with E-state index in [0.29, 0.717) is 0 Å². The van der Waals surface area contributed by atoms with Crippen LogP contribution in [-0.4, -0.2) is 24.3 Å². The number of imidazole rings is 1. The van der Waals surface area contributed by atoms with E-state index in [1.54, 1.807) is 23.0 Å². The molecule has 0 radical (unpaired) electrons. The van der Waals surface area contributed by atoms with Crippen LogP contribution in [0.1, 0.15) is 18.5 Å². The number of nitro benzene ring substituents is 1. The van der Waals surface area contributed by atoms with Crippen molar-refractivity contribution in [3.05, 3.63) is 58.4 Å². The van der Waals surface area contributed by atoms with Crippen LogP contribution in [0.3, 0.4) is 0 Å². The number of hydrogen-bond acceptors (Lipinski definition) is 5. The minimum absolute atomic E-state index is 0.0832. The summed E-state index contributed by atoms with van der Waals surface area (Å²) >= 11 is 0. The van der Waals surface area contributed by atoms with Crippen LogP contribution in [0, 0.1) is 10.1 Å². The predicted molar refractivity (Wildman–Crippen MR) is 90.5 cm³/mol. The highest BCUT2D eigenvalue weighted by Crippen LogP contribution is 2.25. The minimum atomic E-state index is -0.389. The Morgan fingerprint density at radius 3 is 2.75 bits per heavy atom. The van der Waals surface area contributed by atoms with E-state index in [4.69, 9.17) is 0 Å². The highest BCUT2D eigenvalue weighted by Gasteiger charge is 2.15. The third-order valence-electron chi connectivity index (χ3n) is 3.88. The molecule has 1 unspecified atom stereocenters. The Bertz CT molecular complexity index is 882. The first-order valence-electron chi connectivity index (χ1n) is 7.48. The fourth-order valence-electron chi connectivity index (χ4n) is 2.54. The summed E-state index contributed by atoms with van der Waals surface area (Å²) in [5.74, 6) is 1.59. The van der Waals surface area contributed by atoms with Crippen LogP contribution >= 0.6 is 0 Å². The number of hydrogen-bond donors (Lipinski definition) is 1. The van der Waals surface area contributed by atoms with Gasteiger partial charge in [-0.2, -0.15) is 5.10 Å². The van der Waals surface area contributed by atoms with Gasteiger partial charge in [0.25, 0.3) is 5.69 Å². The topological polar surface area (TPSA) is 90.8 Å². The van der Waals surface area contributed by atoms with Gasteiger partial charge in [0.15, 0.2) is 5.82 Å². The number of nitro groups is 1. The van der Waals surface area contributed by atoms with Crippen LogP contribution in [0.5, 0.6) is 0 Å². The van der Waals surface area contributed by atoms with Gasteiger partial charge in [0.05, 0.1) is 11.0 Å². The lowest BCUT2D eigenvalue weighted by molar-refractivity contribution is -0.384. The Morgan fingerprint density at radius 2 is 2.08 bits per heavy atom. The van der Waals surface area contributed by atoms with Crippen LogP contribution in [0.25, 0.3) is 11.5 Å². The molecule has 1 aromatic carbocycles. The number of anilines is 1.